The van der Waals surface area contributed by atoms with Crippen LogP contribution in [0.5, 0.6) is 5.75 Å². The number of hydrogen-bond donors (Lipinski definition) is 2. The van der Waals surface area contributed by atoms with Gasteiger partial charge in [-0.15, -0.1) is 0 Å². The zero-order valence-electron chi connectivity index (χ0n) is 17.6. The summed E-state index contributed by atoms with van der Waals surface area (Å²) in [4.78, 5) is 20.6. The van der Waals surface area contributed by atoms with E-state index in [1.165, 1.54) is 44.9 Å². The van der Waals surface area contributed by atoms with E-state index in [4.69, 9.17) is 0 Å². The molecule has 0 saturated carbocycles. The highest BCUT2D eigenvalue weighted by Crippen LogP contribution is 2.25. The minimum Gasteiger partial charge on any atom is -0.503 e. The molecule has 0 fully saturated rings. The zero-order valence-corrected chi connectivity index (χ0v) is 17.6. The zero-order chi connectivity index (χ0) is 20.2. The fourth-order valence-electron chi connectivity index (χ4n) is 3.66. The molecule has 0 saturated heterocycles. The van der Waals surface area contributed by atoms with Crippen molar-refractivity contribution < 1.29 is 5.11 Å². The molecule has 4 heteroatoms. The Hall–Kier alpha value is -2.10. The summed E-state index contributed by atoms with van der Waals surface area (Å²) in [6.07, 6.45) is 15.0. The van der Waals surface area contributed by atoms with Gasteiger partial charge in [0.25, 0.3) is 0 Å². The van der Waals surface area contributed by atoms with Crippen LogP contribution in [0, 0.1) is 0 Å². The van der Waals surface area contributed by atoms with Crippen LogP contribution < -0.4 is 5.43 Å². The summed E-state index contributed by atoms with van der Waals surface area (Å²) in [5, 5.41) is 10.6. The molecule has 0 amide bonds. The Balaban J connectivity index is 2.22. The number of nitrogens with zero attached hydrogens (tertiary/aromatic N) is 1. The Labute approximate surface area is 169 Å². The van der Waals surface area contributed by atoms with Crippen molar-refractivity contribution in [1.82, 2.24) is 9.97 Å². The van der Waals surface area contributed by atoms with E-state index in [0.29, 0.717) is 11.4 Å². The van der Waals surface area contributed by atoms with Crippen molar-refractivity contribution in [2.75, 3.05) is 0 Å². The van der Waals surface area contributed by atoms with Gasteiger partial charge in [0, 0.05) is 17.5 Å². The van der Waals surface area contributed by atoms with Gasteiger partial charge in [0.05, 0.1) is 5.69 Å². The molecular formula is C24H36N2O2. The van der Waals surface area contributed by atoms with Crippen LogP contribution in [0.25, 0.3) is 11.4 Å². The summed E-state index contributed by atoms with van der Waals surface area (Å²) in [5.41, 5.74) is 2.58. The largest absolute Gasteiger partial charge is 0.503 e. The monoisotopic (exact) mass is 384 g/mol. The molecule has 0 spiro atoms. The second-order valence-corrected chi connectivity index (χ2v) is 7.68. The molecule has 0 aromatic carbocycles. The third kappa shape index (κ3) is 6.50. The molecule has 0 radical (unpaired) electrons. The van der Waals surface area contributed by atoms with Gasteiger partial charge in [-0.25, -0.2) is 0 Å². The summed E-state index contributed by atoms with van der Waals surface area (Å²) >= 11 is 0. The Morgan fingerprint density at radius 3 is 2.14 bits per heavy atom. The van der Waals surface area contributed by atoms with E-state index < -0.39 is 0 Å². The highest BCUT2D eigenvalue weighted by atomic mass is 16.3. The predicted octanol–water partition coefficient (Wildman–Crippen LogP) is 6.17. The van der Waals surface area contributed by atoms with Gasteiger partial charge in [0.2, 0.25) is 5.43 Å². The van der Waals surface area contributed by atoms with Gasteiger partial charge in [0.1, 0.15) is 5.69 Å². The lowest BCUT2D eigenvalue weighted by Gasteiger charge is -2.14. The second-order valence-electron chi connectivity index (χ2n) is 7.68. The molecule has 0 bridgehead atoms. The van der Waals surface area contributed by atoms with Crippen molar-refractivity contribution in [2.24, 2.45) is 0 Å². The van der Waals surface area contributed by atoms with Crippen LogP contribution in [-0.4, -0.2) is 15.1 Å². The molecule has 2 aromatic rings. The minimum atomic E-state index is -0.224. The van der Waals surface area contributed by atoms with Crippen molar-refractivity contribution in [3.05, 3.63) is 45.9 Å². The molecule has 0 aliphatic heterocycles. The molecule has 2 aromatic heterocycles. The summed E-state index contributed by atoms with van der Waals surface area (Å²) in [7, 11) is 0. The lowest BCUT2D eigenvalue weighted by Crippen LogP contribution is -2.16. The molecule has 28 heavy (non-hydrogen) atoms. The standard InChI is InChI=1S/C24H36N2O2/c1-3-5-7-9-11-15-19-20(16-12-10-8-6-4-2)26-22(24(28)23(19)27)21-17-13-14-18-25-21/h13-14,17-18,28H,3-12,15-16H2,1-2H3,(H,26,27). The van der Waals surface area contributed by atoms with Crippen LogP contribution in [0.2, 0.25) is 0 Å². The van der Waals surface area contributed by atoms with E-state index in [1.807, 2.05) is 18.2 Å². The number of aromatic nitrogens is 2. The van der Waals surface area contributed by atoms with Crippen LogP contribution in [0.4, 0.5) is 0 Å². The molecule has 4 nitrogen and oxygen atoms in total. The summed E-state index contributed by atoms with van der Waals surface area (Å²) in [5.74, 6) is -0.197. The van der Waals surface area contributed by atoms with Crippen LogP contribution >= 0.6 is 0 Å². The third-order valence-corrected chi connectivity index (χ3v) is 5.35. The van der Waals surface area contributed by atoms with Crippen LogP contribution in [0.1, 0.15) is 89.3 Å². The van der Waals surface area contributed by atoms with Crippen molar-refractivity contribution in [3.8, 4) is 17.1 Å². The maximum absolute atomic E-state index is 12.9. The van der Waals surface area contributed by atoms with Crippen LogP contribution in [-0.2, 0) is 12.8 Å². The van der Waals surface area contributed by atoms with Crippen molar-refractivity contribution in [1.29, 1.82) is 0 Å². The van der Waals surface area contributed by atoms with Gasteiger partial charge in [0.15, 0.2) is 5.75 Å². The highest BCUT2D eigenvalue weighted by molar-refractivity contribution is 5.62. The van der Waals surface area contributed by atoms with Gasteiger partial charge in [-0.05, 0) is 37.8 Å². The van der Waals surface area contributed by atoms with Gasteiger partial charge in [-0.1, -0.05) is 71.3 Å². The number of aromatic hydroxyl groups is 1. The lowest BCUT2D eigenvalue weighted by molar-refractivity contribution is 0.467. The summed E-state index contributed by atoms with van der Waals surface area (Å²) in [6, 6.07) is 5.52. The van der Waals surface area contributed by atoms with Crippen molar-refractivity contribution in [2.45, 2.75) is 90.9 Å². The average molecular weight is 385 g/mol. The first-order chi connectivity index (χ1) is 13.7. The Bertz CT molecular complexity index is 753. The third-order valence-electron chi connectivity index (χ3n) is 5.35. The average Bonchev–Trinajstić information content (AvgIpc) is 2.72. The summed E-state index contributed by atoms with van der Waals surface area (Å²) in [6.45, 7) is 4.42. The molecule has 0 atom stereocenters. The fourth-order valence-corrected chi connectivity index (χ4v) is 3.66. The maximum Gasteiger partial charge on any atom is 0.227 e. The van der Waals surface area contributed by atoms with E-state index in [0.717, 1.165) is 43.4 Å². The number of aryl methyl sites for hydroxylation is 1. The first kappa shape index (κ1) is 22.2. The molecule has 0 aliphatic rings. The maximum atomic E-state index is 12.9. The Morgan fingerprint density at radius 2 is 1.54 bits per heavy atom. The van der Waals surface area contributed by atoms with E-state index in [-0.39, 0.29) is 11.2 Å². The first-order valence-corrected chi connectivity index (χ1v) is 11.1. The van der Waals surface area contributed by atoms with Crippen LogP contribution in [0.3, 0.4) is 0 Å². The number of aromatic amines is 1. The van der Waals surface area contributed by atoms with Gasteiger partial charge >= 0.3 is 0 Å². The number of rotatable bonds is 13. The van der Waals surface area contributed by atoms with Crippen LogP contribution in [0.15, 0.2) is 29.2 Å². The summed E-state index contributed by atoms with van der Waals surface area (Å²) < 4.78 is 0. The molecule has 154 valence electrons. The quantitative estimate of drug-likeness (QED) is 0.406. The van der Waals surface area contributed by atoms with Gasteiger partial charge in [-0.2, -0.15) is 0 Å². The van der Waals surface area contributed by atoms with E-state index in [9.17, 15) is 9.90 Å². The molecule has 2 rings (SSSR count). The van der Waals surface area contributed by atoms with Gasteiger partial charge in [-0.3, -0.25) is 9.78 Å². The second kappa shape index (κ2) is 12.4. The number of hydrogen-bond acceptors (Lipinski definition) is 3. The van der Waals surface area contributed by atoms with Crippen molar-refractivity contribution in [3.63, 3.8) is 0 Å². The highest BCUT2D eigenvalue weighted by Gasteiger charge is 2.17. The molecular weight excluding hydrogens is 348 g/mol. The topological polar surface area (TPSA) is 66.0 Å². The minimum absolute atomic E-state index is 0.197. The van der Waals surface area contributed by atoms with E-state index in [2.05, 4.69) is 23.8 Å². The van der Waals surface area contributed by atoms with E-state index >= 15 is 0 Å². The van der Waals surface area contributed by atoms with Gasteiger partial charge < -0.3 is 10.1 Å². The SMILES string of the molecule is CCCCCCCc1[nH]c(-c2ccccn2)c(O)c(=O)c1CCCCCCC. The predicted molar refractivity (Wildman–Crippen MR) is 117 cm³/mol. The lowest BCUT2D eigenvalue weighted by atomic mass is 9.98. The fraction of sp³-hybridized carbons (Fsp3) is 0.583. The Morgan fingerprint density at radius 1 is 0.893 bits per heavy atom. The smallest absolute Gasteiger partial charge is 0.227 e. The number of unbranched alkanes of at least 4 members (excludes halogenated alkanes) is 8. The number of H-pyrrole nitrogens is 1. The normalized spacial score (nSPS) is 11.1. The molecule has 2 N–H and O–H groups in total. The van der Waals surface area contributed by atoms with Crippen molar-refractivity contribution >= 4 is 0 Å². The Kier molecular flexibility index (Phi) is 9.81. The number of pyridine rings is 2. The molecule has 0 unspecified atom stereocenters. The molecule has 0 aliphatic carbocycles. The molecule has 2 heterocycles. The first-order valence-electron chi connectivity index (χ1n) is 11.1. The van der Waals surface area contributed by atoms with E-state index in [1.54, 1.807) is 6.20 Å². The number of nitrogens with one attached hydrogen (secondary N) is 1.